The third-order valence-corrected chi connectivity index (χ3v) is 1.62. The zero-order chi connectivity index (χ0) is 12.6. The fourth-order valence-electron chi connectivity index (χ4n) is 0.955. The molecule has 16 heavy (non-hydrogen) atoms. The van der Waals surface area contributed by atoms with E-state index in [-0.39, 0.29) is 0 Å². The van der Waals surface area contributed by atoms with Crippen LogP contribution in [0.3, 0.4) is 0 Å². The minimum atomic E-state index is -2.62. The molecule has 1 aromatic carbocycles. The smallest absolute Gasteiger partial charge is 0.324 e. The van der Waals surface area contributed by atoms with Crippen molar-refractivity contribution in [2.45, 2.75) is 12.5 Å². The van der Waals surface area contributed by atoms with Gasteiger partial charge in [0.25, 0.3) is 0 Å². The summed E-state index contributed by atoms with van der Waals surface area (Å²) in [5, 5.41) is 8.52. The molecule has 6 nitrogen and oxygen atoms in total. The summed E-state index contributed by atoms with van der Waals surface area (Å²) in [5.74, 6) is -0.959. The standard InChI is InChI=1S/C9H11NO2.H3O3P/c10-8(9(11)12)6-7-4-2-1-3-5-7;1-4(2)3/h1-5,8H,6,10H2,(H,11,12);1-3H/t8-;/m0./s1. The quantitative estimate of drug-likeness (QED) is 0.472. The Morgan fingerprint density at radius 2 is 1.69 bits per heavy atom. The summed E-state index contributed by atoms with van der Waals surface area (Å²) in [6, 6.07) is 8.54. The van der Waals surface area contributed by atoms with Crippen molar-refractivity contribution in [2.24, 2.45) is 5.73 Å². The number of carboxylic acids is 1. The first kappa shape index (κ1) is 15.0. The predicted octanol–water partition coefficient (Wildman–Crippen LogP) is -0.169. The number of carboxylic acid groups (broad SMARTS) is 1. The molecule has 0 aliphatic rings. The van der Waals surface area contributed by atoms with Gasteiger partial charge in [0.05, 0.1) is 0 Å². The Bertz CT molecular complexity index is 303. The second-order valence-corrected chi connectivity index (χ2v) is 3.44. The van der Waals surface area contributed by atoms with E-state index in [2.05, 4.69) is 0 Å². The molecule has 0 radical (unpaired) electrons. The maximum atomic E-state index is 10.4. The lowest BCUT2D eigenvalue weighted by atomic mass is 10.1. The molecule has 0 spiro atoms. The molecule has 0 unspecified atom stereocenters. The van der Waals surface area contributed by atoms with E-state index in [4.69, 9.17) is 25.5 Å². The van der Waals surface area contributed by atoms with Crippen molar-refractivity contribution in [1.29, 1.82) is 0 Å². The summed E-state index contributed by atoms with van der Waals surface area (Å²) < 4.78 is 0. The molecule has 1 atom stereocenters. The van der Waals surface area contributed by atoms with E-state index in [0.717, 1.165) is 5.56 Å². The van der Waals surface area contributed by atoms with Gasteiger partial charge in [-0.05, 0) is 12.0 Å². The number of nitrogens with two attached hydrogens (primary N) is 1. The van der Waals surface area contributed by atoms with E-state index in [0.29, 0.717) is 6.42 Å². The van der Waals surface area contributed by atoms with Crippen molar-refractivity contribution in [3.8, 4) is 0 Å². The second-order valence-electron chi connectivity index (χ2n) is 2.90. The summed E-state index contributed by atoms with van der Waals surface area (Å²) >= 11 is 0. The minimum absolute atomic E-state index is 0.385. The van der Waals surface area contributed by atoms with E-state index in [1.165, 1.54) is 0 Å². The molecule has 90 valence electrons. The molecule has 6 N–H and O–H groups in total. The van der Waals surface area contributed by atoms with Gasteiger partial charge in [0, 0.05) is 0 Å². The molecule has 0 aromatic heterocycles. The number of hydrogen-bond acceptors (Lipinski definition) is 5. The highest BCUT2D eigenvalue weighted by atomic mass is 31.2. The lowest BCUT2D eigenvalue weighted by Gasteiger charge is -2.04. The maximum Gasteiger partial charge on any atom is 0.324 e. The van der Waals surface area contributed by atoms with Crippen molar-refractivity contribution in [2.75, 3.05) is 0 Å². The largest absolute Gasteiger partial charge is 0.480 e. The molecule has 0 aliphatic heterocycles. The number of hydrogen-bond donors (Lipinski definition) is 5. The Hall–Kier alpha value is -1.04. The molecule has 0 amide bonds. The number of benzene rings is 1. The SMILES string of the molecule is N[C@@H](Cc1ccccc1)C(=O)O.OP(O)O. The van der Waals surface area contributed by atoms with Crippen LogP contribution >= 0.6 is 8.60 Å². The van der Waals surface area contributed by atoms with Crippen LogP contribution in [-0.2, 0) is 11.2 Å². The average Bonchev–Trinajstić information content (AvgIpc) is 2.18. The number of aliphatic carboxylic acids is 1. The Balaban J connectivity index is 0.000000487. The second kappa shape index (κ2) is 8.15. The van der Waals surface area contributed by atoms with E-state index >= 15 is 0 Å². The van der Waals surface area contributed by atoms with Gasteiger partial charge in [0.1, 0.15) is 6.04 Å². The topological polar surface area (TPSA) is 124 Å². The lowest BCUT2D eigenvalue weighted by molar-refractivity contribution is -0.138. The molecule has 0 aliphatic carbocycles. The first-order valence-corrected chi connectivity index (χ1v) is 5.52. The summed E-state index contributed by atoms with van der Waals surface area (Å²) in [6.07, 6.45) is 0.385. The zero-order valence-corrected chi connectivity index (χ0v) is 9.29. The van der Waals surface area contributed by atoms with Crippen molar-refractivity contribution in [1.82, 2.24) is 0 Å². The van der Waals surface area contributed by atoms with Gasteiger partial charge in [0.2, 0.25) is 0 Å². The fraction of sp³-hybridized carbons (Fsp3) is 0.222. The number of rotatable bonds is 3. The molecule has 0 heterocycles. The number of carbonyl (C=O) groups is 1. The third kappa shape index (κ3) is 8.28. The average molecular weight is 247 g/mol. The third-order valence-electron chi connectivity index (χ3n) is 1.62. The lowest BCUT2D eigenvalue weighted by Crippen LogP contribution is -2.32. The van der Waals surface area contributed by atoms with Crippen molar-refractivity contribution >= 4 is 14.6 Å². The summed E-state index contributed by atoms with van der Waals surface area (Å²) in [6.45, 7) is 0. The Labute approximate surface area is 94.0 Å². The Morgan fingerprint density at radius 3 is 2.06 bits per heavy atom. The van der Waals surface area contributed by atoms with Gasteiger partial charge in [-0.15, -0.1) is 0 Å². The van der Waals surface area contributed by atoms with Gasteiger partial charge in [0.15, 0.2) is 0 Å². The van der Waals surface area contributed by atoms with Crippen LogP contribution in [0, 0.1) is 0 Å². The predicted molar refractivity (Wildman–Crippen MR) is 59.3 cm³/mol. The van der Waals surface area contributed by atoms with Gasteiger partial charge in [-0.2, -0.15) is 0 Å². The van der Waals surface area contributed by atoms with Crippen LogP contribution in [0.25, 0.3) is 0 Å². The molecule has 0 saturated carbocycles. The molecular weight excluding hydrogens is 233 g/mol. The highest BCUT2D eigenvalue weighted by Gasteiger charge is 2.10. The summed E-state index contributed by atoms with van der Waals surface area (Å²) in [4.78, 5) is 32.1. The van der Waals surface area contributed by atoms with Crippen molar-refractivity contribution in [3.63, 3.8) is 0 Å². The van der Waals surface area contributed by atoms with Crippen LogP contribution in [0.4, 0.5) is 0 Å². The van der Waals surface area contributed by atoms with Crippen LogP contribution in [-0.4, -0.2) is 31.8 Å². The van der Waals surface area contributed by atoms with Crippen LogP contribution < -0.4 is 5.73 Å². The molecule has 7 heteroatoms. The van der Waals surface area contributed by atoms with Gasteiger partial charge in [-0.3, -0.25) is 4.79 Å². The maximum absolute atomic E-state index is 10.4. The van der Waals surface area contributed by atoms with Crippen LogP contribution in [0.5, 0.6) is 0 Å². The van der Waals surface area contributed by atoms with Crippen LogP contribution in [0.1, 0.15) is 5.56 Å². The Kier molecular flexibility index (Phi) is 7.62. The van der Waals surface area contributed by atoms with Gasteiger partial charge in [-0.1, -0.05) is 30.3 Å². The first-order valence-electron chi connectivity index (χ1n) is 4.32. The minimum Gasteiger partial charge on any atom is -0.480 e. The molecule has 0 fully saturated rings. The molecule has 1 aromatic rings. The molecule has 1 rings (SSSR count). The van der Waals surface area contributed by atoms with E-state index < -0.39 is 20.6 Å². The van der Waals surface area contributed by atoms with Crippen LogP contribution in [0.2, 0.25) is 0 Å². The van der Waals surface area contributed by atoms with E-state index in [1.807, 2.05) is 30.3 Å². The summed E-state index contributed by atoms with van der Waals surface area (Å²) in [7, 11) is -2.62. The van der Waals surface area contributed by atoms with E-state index in [1.54, 1.807) is 0 Å². The summed E-state index contributed by atoms with van der Waals surface area (Å²) in [5.41, 5.74) is 6.30. The van der Waals surface area contributed by atoms with Crippen molar-refractivity contribution in [3.05, 3.63) is 35.9 Å². The normalized spacial score (nSPS) is 11.6. The highest BCUT2D eigenvalue weighted by Crippen LogP contribution is 2.11. The van der Waals surface area contributed by atoms with Gasteiger partial charge >= 0.3 is 14.6 Å². The molecule has 0 bridgehead atoms. The highest BCUT2D eigenvalue weighted by molar-refractivity contribution is 7.38. The first-order chi connectivity index (χ1) is 7.43. The van der Waals surface area contributed by atoms with E-state index in [9.17, 15) is 4.79 Å². The van der Waals surface area contributed by atoms with Gasteiger partial charge in [-0.25, -0.2) is 0 Å². The van der Waals surface area contributed by atoms with Gasteiger partial charge < -0.3 is 25.5 Å². The van der Waals surface area contributed by atoms with Crippen LogP contribution in [0.15, 0.2) is 30.3 Å². The molecule has 0 saturated heterocycles. The fourth-order valence-corrected chi connectivity index (χ4v) is 0.955. The van der Waals surface area contributed by atoms with Crippen molar-refractivity contribution < 1.29 is 24.6 Å². The monoisotopic (exact) mass is 247 g/mol. The Morgan fingerprint density at radius 1 is 1.25 bits per heavy atom. The molecular formula is C9H14NO5P. The zero-order valence-electron chi connectivity index (χ0n) is 8.39.